The van der Waals surface area contributed by atoms with Crippen LogP contribution in [0.15, 0.2) is 48.5 Å². The number of aromatic nitrogens is 1. The summed E-state index contributed by atoms with van der Waals surface area (Å²) in [5, 5.41) is 0.744. The third kappa shape index (κ3) is 2.93. The Labute approximate surface area is 151 Å². The van der Waals surface area contributed by atoms with E-state index < -0.39 is 0 Å². The summed E-state index contributed by atoms with van der Waals surface area (Å²) in [5.41, 5.74) is 3.22. The Hall–Kier alpha value is -2.60. The second-order valence-electron chi connectivity index (χ2n) is 6.25. The Morgan fingerprint density at radius 3 is 2.64 bits per heavy atom. The fourth-order valence-corrected chi connectivity index (χ4v) is 4.05. The number of carbonyl (C=O) groups excluding carboxylic acids is 1. The van der Waals surface area contributed by atoms with Gasteiger partial charge in [-0.25, -0.2) is 4.98 Å². The maximum Gasteiger partial charge on any atom is 0.248 e. The molecule has 0 saturated carbocycles. The lowest BCUT2D eigenvalue weighted by atomic mass is 10.1. The number of anilines is 3. The zero-order chi connectivity index (χ0) is 17.4. The quantitative estimate of drug-likeness (QED) is 0.726. The smallest absolute Gasteiger partial charge is 0.248 e. The summed E-state index contributed by atoms with van der Waals surface area (Å²) in [6.07, 6.45) is 0. The first-order valence-corrected chi connectivity index (χ1v) is 9.12. The topological polar surface area (TPSA) is 39.7 Å². The molecule has 0 unspecified atom stereocenters. The number of amides is 1. The summed E-state index contributed by atoms with van der Waals surface area (Å²) in [6, 6.07) is 16.2. The van der Waals surface area contributed by atoms with E-state index in [2.05, 4.69) is 34.0 Å². The number of benzene rings is 2. The molecule has 3 aromatic rings. The van der Waals surface area contributed by atoms with Crippen molar-refractivity contribution in [2.45, 2.75) is 0 Å². The van der Waals surface area contributed by atoms with Crippen LogP contribution in [0.4, 0.5) is 16.5 Å². The molecule has 0 bridgehead atoms. The van der Waals surface area contributed by atoms with Gasteiger partial charge in [0.25, 0.3) is 0 Å². The summed E-state index contributed by atoms with van der Waals surface area (Å²) in [7, 11) is 3.90. The zero-order valence-electron chi connectivity index (χ0n) is 14.3. The second kappa shape index (κ2) is 6.37. The summed E-state index contributed by atoms with van der Waals surface area (Å²) in [5.74, 6) is 0.0541. The highest BCUT2D eigenvalue weighted by molar-refractivity contribution is 7.22. The molecule has 5 nitrogen and oxygen atoms in total. The third-order valence-electron chi connectivity index (χ3n) is 4.61. The van der Waals surface area contributed by atoms with Crippen LogP contribution in [0.25, 0.3) is 10.2 Å². The highest BCUT2D eigenvalue weighted by Crippen LogP contribution is 2.32. The largest absolute Gasteiger partial charge is 0.371 e. The van der Waals surface area contributed by atoms with Crippen molar-refractivity contribution in [1.82, 2.24) is 4.98 Å². The number of hydrogen-bond donors (Lipinski definition) is 0. The monoisotopic (exact) mass is 352 g/mol. The normalized spacial score (nSPS) is 13.8. The van der Waals surface area contributed by atoms with Gasteiger partial charge in [0, 0.05) is 27.2 Å². The Balaban J connectivity index is 1.55. The van der Waals surface area contributed by atoms with Crippen molar-refractivity contribution in [3.8, 4) is 0 Å². The van der Waals surface area contributed by atoms with Crippen LogP contribution in [-0.4, -0.2) is 44.6 Å². The van der Waals surface area contributed by atoms with Crippen molar-refractivity contribution in [3.05, 3.63) is 48.5 Å². The van der Waals surface area contributed by atoms with E-state index in [0.717, 1.165) is 34.1 Å². The highest BCUT2D eigenvalue weighted by atomic mass is 32.1. The first-order chi connectivity index (χ1) is 12.1. The van der Waals surface area contributed by atoms with Crippen LogP contribution >= 0.6 is 11.3 Å². The minimum Gasteiger partial charge on any atom is -0.371 e. The van der Waals surface area contributed by atoms with Gasteiger partial charge in [0.2, 0.25) is 5.91 Å². The Morgan fingerprint density at radius 2 is 1.84 bits per heavy atom. The van der Waals surface area contributed by atoms with Gasteiger partial charge in [-0.3, -0.25) is 9.69 Å². The summed E-state index contributed by atoms with van der Waals surface area (Å²) >= 11 is 1.55. The van der Waals surface area contributed by atoms with Gasteiger partial charge in [-0.1, -0.05) is 35.6 Å². The molecule has 0 N–H and O–H groups in total. The molecule has 0 fully saturated rings. The molecule has 0 spiro atoms. The number of para-hydroxylation sites is 3. The van der Waals surface area contributed by atoms with Gasteiger partial charge in [0.15, 0.2) is 5.13 Å². The fraction of sp³-hybridized carbons (Fsp3) is 0.263. The van der Waals surface area contributed by atoms with Crippen molar-refractivity contribution in [2.24, 2.45) is 0 Å². The van der Waals surface area contributed by atoms with E-state index in [1.807, 2.05) is 43.4 Å². The van der Waals surface area contributed by atoms with Gasteiger partial charge in [-0.05, 0) is 24.3 Å². The van der Waals surface area contributed by atoms with Gasteiger partial charge in [-0.2, -0.15) is 0 Å². The number of likely N-dealkylation sites (N-methyl/N-ethyl adjacent to an activating group) is 2. The molecule has 4 rings (SSSR count). The first-order valence-electron chi connectivity index (χ1n) is 8.31. The molecule has 2 heterocycles. The fourth-order valence-electron chi connectivity index (χ4n) is 3.11. The molecule has 1 aliphatic heterocycles. The predicted octanol–water partition coefficient (Wildman–Crippen LogP) is 3.22. The zero-order valence-corrected chi connectivity index (χ0v) is 15.2. The van der Waals surface area contributed by atoms with Crippen LogP contribution in [-0.2, 0) is 4.79 Å². The number of fused-ring (bicyclic) bond motifs is 2. The Morgan fingerprint density at radius 1 is 1.12 bits per heavy atom. The van der Waals surface area contributed by atoms with E-state index >= 15 is 0 Å². The Bertz CT molecular complexity index is 889. The van der Waals surface area contributed by atoms with Crippen molar-refractivity contribution in [1.29, 1.82) is 0 Å². The molecule has 1 aliphatic rings. The predicted molar refractivity (Wildman–Crippen MR) is 105 cm³/mol. The molecule has 0 saturated heterocycles. The molecule has 25 heavy (non-hydrogen) atoms. The molecular weight excluding hydrogens is 332 g/mol. The van der Waals surface area contributed by atoms with E-state index in [1.54, 1.807) is 16.2 Å². The van der Waals surface area contributed by atoms with Crippen molar-refractivity contribution in [3.63, 3.8) is 0 Å². The molecule has 1 aromatic heterocycles. The molecule has 0 radical (unpaired) electrons. The average Bonchev–Trinajstić information content (AvgIpc) is 3.07. The van der Waals surface area contributed by atoms with E-state index in [0.29, 0.717) is 6.54 Å². The van der Waals surface area contributed by atoms with Crippen LogP contribution in [0.5, 0.6) is 0 Å². The van der Waals surface area contributed by atoms with Crippen LogP contribution in [0, 0.1) is 0 Å². The van der Waals surface area contributed by atoms with Crippen LogP contribution in [0.3, 0.4) is 0 Å². The molecule has 1 amide bonds. The lowest BCUT2D eigenvalue weighted by Gasteiger charge is -2.37. The number of thiazole rings is 1. The van der Waals surface area contributed by atoms with Crippen molar-refractivity contribution in [2.75, 3.05) is 48.4 Å². The van der Waals surface area contributed by atoms with Crippen LogP contribution < -0.4 is 14.7 Å². The lowest BCUT2D eigenvalue weighted by molar-refractivity contribution is -0.117. The van der Waals surface area contributed by atoms with Gasteiger partial charge in [0.05, 0.1) is 28.1 Å². The van der Waals surface area contributed by atoms with Gasteiger partial charge in [-0.15, -0.1) is 0 Å². The number of carbonyl (C=O) groups is 1. The van der Waals surface area contributed by atoms with E-state index in [9.17, 15) is 4.79 Å². The van der Waals surface area contributed by atoms with Crippen LogP contribution in [0.2, 0.25) is 0 Å². The van der Waals surface area contributed by atoms with Crippen molar-refractivity contribution < 1.29 is 4.79 Å². The molecule has 6 heteroatoms. The second-order valence-corrected chi connectivity index (χ2v) is 7.26. The van der Waals surface area contributed by atoms with E-state index in [-0.39, 0.29) is 5.91 Å². The molecule has 128 valence electrons. The molecular formula is C19H20N4OS. The number of nitrogens with zero attached hydrogens (tertiary/aromatic N) is 4. The minimum atomic E-state index is 0.0541. The van der Waals surface area contributed by atoms with Gasteiger partial charge in [0.1, 0.15) is 0 Å². The SMILES string of the molecule is CN1CCN(CC(=O)N(C)c2nc3ccccc3s2)c2ccccc21. The van der Waals surface area contributed by atoms with Gasteiger partial charge >= 0.3 is 0 Å². The molecule has 0 aliphatic carbocycles. The number of rotatable bonds is 3. The number of hydrogen-bond acceptors (Lipinski definition) is 5. The van der Waals surface area contributed by atoms with E-state index in [4.69, 9.17) is 0 Å². The maximum atomic E-state index is 12.8. The third-order valence-corrected chi connectivity index (χ3v) is 5.72. The minimum absolute atomic E-state index is 0.0541. The standard InChI is InChI=1S/C19H20N4OS/c1-21-11-12-23(16-9-5-4-8-15(16)21)13-18(24)22(2)19-20-14-7-3-6-10-17(14)25-19/h3-10H,11-13H2,1-2H3. The summed E-state index contributed by atoms with van der Waals surface area (Å²) < 4.78 is 1.10. The molecule has 2 aromatic carbocycles. The lowest BCUT2D eigenvalue weighted by Crippen LogP contribution is -2.45. The molecule has 0 atom stereocenters. The highest BCUT2D eigenvalue weighted by Gasteiger charge is 2.24. The summed E-state index contributed by atoms with van der Waals surface area (Å²) in [6.45, 7) is 2.11. The van der Waals surface area contributed by atoms with E-state index in [1.165, 1.54) is 5.69 Å². The van der Waals surface area contributed by atoms with Gasteiger partial charge < -0.3 is 9.80 Å². The first kappa shape index (κ1) is 15.9. The Kier molecular flexibility index (Phi) is 4.05. The summed E-state index contributed by atoms with van der Waals surface area (Å²) in [4.78, 5) is 23.5. The van der Waals surface area contributed by atoms with Crippen molar-refractivity contribution >= 4 is 44.0 Å². The average molecular weight is 352 g/mol. The maximum absolute atomic E-state index is 12.8. The van der Waals surface area contributed by atoms with Crippen LogP contribution in [0.1, 0.15) is 0 Å².